The Morgan fingerprint density at radius 1 is 1.12 bits per heavy atom. The van der Waals surface area contributed by atoms with Gasteiger partial charge in [-0.25, -0.2) is 0 Å². The van der Waals surface area contributed by atoms with Crippen LogP contribution in [0.5, 0.6) is 5.75 Å². The molecule has 25 heavy (non-hydrogen) atoms. The standard InChI is InChI=1S/C20H17NO4/c22-20(16-10-15-8-4-5-9-18(15)23-12-16)24-13-17-11-19(25-21-17)14-6-2-1-3-7-14/h1-9,11,16H,10,12-13H2. The highest BCUT2D eigenvalue weighted by Gasteiger charge is 2.27. The molecule has 3 aromatic rings. The molecule has 0 saturated heterocycles. The third kappa shape index (κ3) is 3.40. The number of carbonyl (C=O) groups is 1. The van der Waals surface area contributed by atoms with Crippen molar-refractivity contribution in [3.8, 4) is 17.1 Å². The number of benzene rings is 2. The number of nitrogens with zero attached hydrogens (tertiary/aromatic N) is 1. The molecule has 0 radical (unpaired) electrons. The van der Waals surface area contributed by atoms with E-state index in [1.165, 1.54) is 0 Å². The molecule has 2 heterocycles. The Labute approximate surface area is 145 Å². The molecule has 5 heteroatoms. The predicted molar refractivity (Wildman–Crippen MR) is 90.9 cm³/mol. The molecule has 0 bridgehead atoms. The van der Waals surface area contributed by atoms with E-state index in [0.29, 0.717) is 24.5 Å². The summed E-state index contributed by atoms with van der Waals surface area (Å²) in [5.74, 6) is 0.922. The highest BCUT2D eigenvalue weighted by Crippen LogP contribution is 2.27. The molecule has 4 rings (SSSR count). The Balaban J connectivity index is 1.36. The van der Waals surface area contributed by atoms with Crippen molar-refractivity contribution in [3.63, 3.8) is 0 Å². The molecule has 1 atom stereocenters. The SMILES string of the molecule is O=C(OCc1cc(-c2ccccc2)on1)C1COc2ccccc2C1. The lowest BCUT2D eigenvalue weighted by Gasteiger charge is -2.23. The number of hydrogen-bond donors (Lipinski definition) is 0. The Kier molecular flexibility index (Phi) is 4.21. The summed E-state index contributed by atoms with van der Waals surface area (Å²) < 4.78 is 16.3. The molecule has 0 N–H and O–H groups in total. The number of para-hydroxylation sites is 1. The second-order valence-electron chi connectivity index (χ2n) is 5.98. The van der Waals surface area contributed by atoms with Crippen LogP contribution in [0.25, 0.3) is 11.3 Å². The summed E-state index contributed by atoms with van der Waals surface area (Å²) in [5, 5.41) is 3.96. The summed E-state index contributed by atoms with van der Waals surface area (Å²) in [5.41, 5.74) is 2.55. The van der Waals surface area contributed by atoms with Crippen molar-refractivity contribution >= 4 is 5.97 Å². The Bertz CT molecular complexity index is 872. The predicted octanol–water partition coefficient (Wildman–Crippen LogP) is 3.64. The largest absolute Gasteiger partial charge is 0.492 e. The summed E-state index contributed by atoms with van der Waals surface area (Å²) in [7, 11) is 0. The van der Waals surface area contributed by atoms with E-state index in [9.17, 15) is 4.79 Å². The van der Waals surface area contributed by atoms with Crippen LogP contribution in [0.4, 0.5) is 0 Å². The second-order valence-corrected chi connectivity index (χ2v) is 5.98. The van der Waals surface area contributed by atoms with Crippen molar-refractivity contribution in [3.05, 3.63) is 71.9 Å². The Morgan fingerprint density at radius 3 is 2.80 bits per heavy atom. The quantitative estimate of drug-likeness (QED) is 0.681. The molecule has 1 aromatic heterocycles. The first kappa shape index (κ1) is 15.4. The summed E-state index contributed by atoms with van der Waals surface area (Å²) in [6.07, 6.45) is 0.628. The van der Waals surface area contributed by atoms with Gasteiger partial charge in [0.05, 0.1) is 5.92 Å². The van der Waals surface area contributed by atoms with E-state index in [0.717, 1.165) is 16.9 Å². The molecule has 0 spiro atoms. The number of rotatable bonds is 4. The Morgan fingerprint density at radius 2 is 1.92 bits per heavy atom. The zero-order valence-corrected chi connectivity index (χ0v) is 13.6. The minimum Gasteiger partial charge on any atom is -0.492 e. The summed E-state index contributed by atoms with van der Waals surface area (Å²) in [6, 6.07) is 19.2. The van der Waals surface area contributed by atoms with Crippen LogP contribution in [-0.2, 0) is 22.6 Å². The van der Waals surface area contributed by atoms with Gasteiger partial charge in [-0.3, -0.25) is 4.79 Å². The van der Waals surface area contributed by atoms with Crippen molar-refractivity contribution in [1.29, 1.82) is 0 Å². The van der Waals surface area contributed by atoms with Gasteiger partial charge in [-0.2, -0.15) is 0 Å². The van der Waals surface area contributed by atoms with E-state index in [4.69, 9.17) is 14.0 Å². The fraction of sp³-hybridized carbons (Fsp3) is 0.200. The molecular formula is C20H17NO4. The minimum atomic E-state index is -0.296. The number of carbonyl (C=O) groups excluding carboxylic acids is 1. The van der Waals surface area contributed by atoms with Gasteiger partial charge in [0.15, 0.2) is 5.76 Å². The van der Waals surface area contributed by atoms with Gasteiger partial charge in [0.2, 0.25) is 0 Å². The average molecular weight is 335 g/mol. The van der Waals surface area contributed by atoms with Crippen LogP contribution in [0.2, 0.25) is 0 Å². The van der Waals surface area contributed by atoms with Gasteiger partial charge < -0.3 is 14.0 Å². The molecule has 1 aliphatic heterocycles. The van der Waals surface area contributed by atoms with Crippen LogP contribution < -0.4 is 4.74 Å². The lowest BCUT2D eigenvalue weighted by molar-refractivity contribution is -0.151. The third-order valence-electron chi connectivity index (χ3n) is 4.19. The van der Waals surface area contributed by atoms with E-state index in [2.05, 4.69) is 5.16 Å². The van der Waals surface area contributed by atoms with E-state index >= 15 is 0 Å². The van der Waals surface area contributed by atoms with E-state index < -0.39 is 0 Å². The Hall–Kier alpha value is -3.08. The van der Waals surface area contributed by atoms with E-state index in [1.807, 2.05) is 54.6 Å². The van der Waals surface area contributed by atoms with Gasteiger partial charge in [0, 0.05) is 11.6 Å². The lowest BCUT2D eigenvalue weighted by atomic mass is 9.97. The number of fused-ring (bicyclic) bond motifs is 1. The monoisotopic (exact) mass is 335 g/mol. The molecule has 0 aliphatic carbocycles. The van der Waals surface area contributed by atoms with Gasteiger partial charge in [-0.15, -0.1) is 0 Å². The van der Waals surface area contributed by atoms with Gasteiger partial charge >= 0.3 is 5.97 Å². The van der Waals surface area contributed by atoms with Gasteiger partial charge in [-0.05, 0) is 18.1 Å². The summed E-state index contributed by atoms with van der Waals surface area (Å²) >= 11 is 0. The van der Waals surface area contributed by atoms with Crippen LogP contribution in [0, 0.1) is 5.92 Å². The normalized spacial score (nSPS) is 15.9. The first-order chi connectivity index (χ1) is 12.3. The zero-order valence-electron chi connectivity index (χ0n) is 13.6. The molecule has 0 saturated carbocycles. The number of esters is 1. The van der Waals surface area contributed by atoms with Crippen molar-refractivity contribution in [2.45, 2.75) is 13.0 Å². The van der Waals surface area contributed by atoms with Crippen molar-refractivity contribution in [2.24, 2.45) is 5.92 Å². The molecular weight excluding hydrogens is 318 g/mol. The van der Waals surface area contributed by atoms with Crippen LogP contribution in [0.3, 0.4) is 0 Å². The third-order valence-corrected chi connectivity index (χ3v) is 4.19. The zero-order chi connectivity index (χ0) is 17.1. The van der Waals surface area contributed by atoms with Crippen LogP contribution >= 0.6 is 0 Å². The first-order valence-corrected chi connectivity index (χ1v) is 8.18. The average Bonchev–Trinajstić information content (AvgIpc) is 3.15. The topological polar surface area (TPSA) is 61.6 Å². The van der Waals surface area contributed by atoms with E-state index in [-0.39, 0.29) is 18.5 Å². The maximum atomic E-state index is 12.3. The van der Waals surface area contributed by atoms with Gasteiger partial charge in [0.25, 0.3) is 0 Å². The van der Waals surface area contributed by atoms with Crippen molar-refractivity contribution in [2.75, 3.05) is 6.61 Å². The van der Waals surface area contributed by atoms with Crippen molar-refractivity contribution < 1.29 is 18.8 Å². The van der Waals surface area contributed by atoms with Gasteiger partial charge in [0.1, 0.15) is 24.7 Å². The van der Waals surface area contributed by atoms with Crippen LogP contribution in [-0.4, -0.2) is 17.7 Å². The van der Waals surface area contributed by atoms with Gasteiger partial charge in [-0.1, -0.05) is 53.7 Å². The maximum absolute atomic E-state index is 12.3. The molecule has 0 fully saturated rings. The fourth-order valence-corrected chi connectivity index (χ4v) is 2.86. The highest BCUT2D eigenvalue weighted by molar-refractivity contribution is 5.73. The smallest absolute Gasteiger partial charge is 0.313 e. The highest BCUT2D eigenvalue weighted by atomic mass is 16.5. The summed E-state index contributed by atoms with van der Waals surface area (Å²) in [6.45, 7) is 0.428. The fourth-order valence-electron chi connectivity index (χ4n) is 2.86. The minimum absolute atomic E-state index is 0.0906. The maximum Gasteiger partial charge on any atom is 0.313 e. The lowest BCUT2D eigenvalue weighted by Crippen LogP contribution is -2.29. The molecule has 5 nitrogen and oxygen atoms in total. The first-order valence-electron chi connectivity index (χ1n) is 8.18. The second kappa shape index (κ2) is 6.81. The summed E-state index contributed by atoms with van der Waals surface area (Å²) in [4.78, 5) is 12.3. The van der Waals surface area contributed by atoms with Crippen LogP contribution in [0.1, 0.15) is 11.3 Å². The molecule has 0 amide bonds. The number of ether oxygens (including phenoxy) is 2. The number of aromatic nitrogens is 1. The molecule has 1 aliphatic rings. The number of hydrogen-bond acceptors (Lipinski definition) is 5. The molecule has 126 valence electrons. The molecule has 1 unspecified atom stereocenters. The van der Waals surface area contributed by atoms with E-state index in [1.54, 1.807) is 6.07 Å². The molecule has 2 aromatic carbocycles. The van der Waals surface area contributed by atoms with Crippen LogP contribution in [0.15, 0.2) is 65.2 Å². The van der Waals surface area contributed by atoms with Crippen molar-refractivity contribution in [1.82, 2.24) is 5.16 Å².